The molecule has 6 nitrogen and oxygen atoms in total. The number of rotatable bonds is 5. The van der Waals surface area contributed by atoms with Crippen molar-refractivity contribution in [1.29, 1.82) is 0 Å². The molecular weight excluding hydrogens is 366 g/mol. The first-order valence-corrected chi connectivity index (χ1v) is 10.2. The Hall–Kier alpha value is -3.15. The van der Waals surface area contributed by atoms with Gasteiger partial charge in [0.05, 0.1) is 6.42 Å². The zero-order valence-electron chi connectivity index (χ0n) is 16.1. The van der Waals surface area contributed by atoms with Crippen molar-refractivity contribution in [1.82, 2.24) is 9.88 Å². The van der Waals surface area contributed by atoms with Crippen molar-refractivity contribution in [2.45, 2.75) is 44.1 Å². The van der Waals surface area contributed by atoms with E-state index in [0.29, 0.717) is 31.0 Å². The van der Waals surface area contributed by atoms with Crippen LogP contribution < -0.4 is 5.32 Å². The molecule has 148 valence electrons. The number of anilines is 1. The Morgan fingerprint density at radius 2 is 1.93 bits per heavy atom. The summed E-state index contributed by atoms with van der Waals surface area (Å²) in [6, 6.07) is 14.7. The van der Waals surface area contributed by atoms with Crippen molar-refractivity contribution < 1.29 is 14.0 Å². The van der Waals surface area contributed by atoms with Crippen molar-refractivity contribution in [3.05, 3.63) is 60.0 Å². The lowest BCUT2D eigenvalue weighted by Crippen LogP contribution is -2.43. The third-order valence-corrected chi connectivity index (χ3v) is 5.67. The molecule has 2 fully saturated rings. The van der Waals surface area contributed by atoms with Gasteiger partial charge in [-0.05, 0) is 49.4 Å². The second-order valence-corrected chi connectivity index (χ2v) is 7.91. The number of oxazole rings is 1. The van der Waals surface area contributed by atoms with Gasteiger partial charge in [-0.3, -0.25) is 9.59 Å². The summed E-state index contributed by atoms with van der Waals surface area (Å²) in [6.07, 6.45) is 4.10. The first-order chi connectivity index (χ1) is 14.2. The molecule has 0 radical (unpaired) electrons. The third-order valence-electron chi connectivity index (χ3n) is 5.67. The van der Waals surface area contributed by atoms with Crippen molar-refractivity contribution in [2.24, 2.45) is 0 Å². The quantitative estimate of drug-likeness (QED) is 0.719. The minimum absolute atomic E-state index is 0.00474. The van der Waals surface area contributed by atoms with Crippen LogP contribution in [0.25, 0.3) is 11.1 Å². The molecule has 0 bridgehead atoms. The number of amides is 2. The highest BCUT2D eigenvalue weighted by molar-refractivity contribution is 5.98. The van der Waals surface area contributed by atoms with Gasteiger partial charge in [0.25, 0.3) is 0 Å². The monoisotopic (exact) mass is 389 g/mol. The van der Waals surface area contributed by atoms with Crippen LogP contribution >= 0.6 is 0 Å². The molecule has 1 saturated heterocycles. The average molecular weight is 389 g/mol. The maximum absolute atomic E-state index is 12.9. The van der Waals surface area contributed by atoms with Gasteiger partial charge in [0.15, 0.2) is 11.5 Å². The first kappa shape index (κ1) is 17.9. The van der Waals surface area contributed by atoms with Crippen LogP contribution in [0.1, 0.15) is 43.1 Å². The summed E-state index contributed by atoms with van der Waals surface area (Å²) in [5, 5.41) is 2.96. The number of nitrogens with one attached hydrogen (secondary N) is 1. The lowest BCUT2D eigenvalue weighted by molar-refractivity contribution is -0.136. The van der Waals surface area contributed by atoms with Crippen molar-refractivity contribution in [3.8, 4) is 0 Å². The molecule has 6 heteroatoms. The standard InChI is InChI=1S/C23H23N3O3/c27-21(13-15-5-2-1-3-6-15)26-12-4-7-19(26)22(28)24-17-10-11-20-18(14-17)25-23(29-20)16-8-9-16/h1-3,5-6,10-11,14,16,19H,4,7-9,12-13H2,(H,24,28). The predicted molar refractivity (Wildman–Crippen MR) is 109 cm³/mol. The number of nitrogens with zero attached hydrogens (tertiary/aromatic N) is 2. The largest absolute Gasteiger partial charge is 0.440 e. The van der Waals surface area contributed by atoms with E-state index in [4.69, 9.17) is 4.42 Å². The Morgan fingerprint density at radius 1 is 1.10 bits per heavy atom. The fourth-order valence-corrected chi connectivity index (χ4v) is 3.96. The number of carbonyl (C=O) groups is 2. The van der Waals surface area contributed by atoms with Crippen LogP contribution in [0, 0.1) is 0 Å². The van der Waals surface area contributed by atoms with Crippen LogP contribution in [0.4, 0.5) is 5.69 Å². The highest BCUT2D eigenvalue weighted by Gasteiger charge is 2.34. The normalized spacial score (nSPS) is 18.9. The molecule has 1 unspecified atom stereocenters. The number of likely N-dealkylation sites (tertiary alicyclic amines) is 1. The van der Waals surface area contributed by atoms with Crippen LogP contribution in [-0.4, -0.2) is 34.3 Å². The first-order valence-electron chi connectivity index (χ1n) is 10.2. The average Bonchev–Trinajstić information content (AvgIpc) is 3.30. The van der Waals surface area contributed by atoms with Gasteiger partial charge >= 0.3 is 0 Å². The van der Waals surface area contributed by atoms with Crippen LogP contribution in [0.15, 0.2) is 52.9 Å². The van der Waals surface area contributed by atoms with Gasteiger partial charge in [-0.1, -0.05) is 30.3 Å². The second-order valence-electron chi connectivity index (χ2n) is 7.91. The molecule has 1 aliphatic carbocycles. The van der Waals surface area contributed by atoms with Crippen molar-refractivity contribution >= 4 is 28.6 Å². The van der Waals surface area contributed by atoms with Gasteiger partial charge in [0, 0.05) is 18.2 Å². The summed E-state index contributed by atoms with van der Waals surface area (Å²) in [4.78, 5) is 31.9. The van der Waals surface area contributed by atoms with Gasteiger partial charge < -0.3 is 14.6 Å². The zero-order chi connectivity index (χ0) is 19.8. The number of fused-ring (bicyclic) bond motifs is 1. The van der Waals surface area contributed by atoms with E-state index in [2.05, 4.69) is 10.3 Å². The van der Waals surface area contributed by atoms with Crippen molar-refractivity contribution in [2.75, 3.05) is 11.9 Å². The van der Waals surface area contributed by atoms with Gasteiger partial charge in [-0.15, -0.1) is 0 Å². The minimum Gasteiger partial charge on any atom is -0.440 e. The Labute approximate surface area is 168 Å². The van der Waals surface area contributed by atoms with Gasteiger partial charge in [0.2, 0.25) is 11.8 Å². The highest BCUT2D eigenvalue weighted by atomic mass is 16.3. The van der Waals surface area contributed by atoms with Crippen LogP contribution in [0.3, 0.4) is 0 Å². The summed E-state index contributed by atoms with van der Waals surface area (Å²) in [5.74, 6) is 1.09. The van der Waals surface area contributed by atoms with E-state index in [1.54, 1.807) is 4.90 Å². The van der Waals surface area contributed by atoms with E-state index in [-0.39, 0.29) is 11.8 Å². The molecule has 2 amide bonds. The number of hydrogen-bond donors (Lipinski definition) is 1. The summed E-state index contributed by atoms with van der Waals surface area (Å²) >= 11 is 0. The Kier molecular flexibility index (Phi) is 4.54. The van der Waals surface area contributed by atoms with Gasteiger partial charge in [0.1, 0.15) is 11.6 Å². The number of benzene rings is 2. The van der Waals surface area contributed by atoms with Gasteiger partial charge in [-0.25, -0.2) is 4.98 Å². The topological polar surface area (TPSA) is 75.4 Å². The summed E-state index contributed by atoms with van der Waals surface area (Å²) < 4.78 is 5.78. The predicted octanol–water partition coefficient (Wildman–Crippen LogP) is 3.88. The molecule has 2 aliphatic rings. The molecule has 1 saturated carbocycles. The minimum atomic E-state index is -0.429. The van der Waals surface area contributed by atoms with Crippen LogP contribution in [0.2, 0.25) is 0 Å². The maximum Gasteiger partial charge on any atom is 0.247 e. The molecule has 0 spiro atoms. The van der Waals surface area contributed by atoms with E-state index in [1.807, 2.05) is 48.5 Å². The molecule has 2 aromatic carbocycles. The molecule has 5 rings (SSSR count). The number of hydrogen-bond acceptors (Lipinski definition) is 4. The Morgan fingerprint density at radius 3 is 2.72 bits per heavy atom. The SMILES string of the molecule is O=C(Nc1ccc2oc(C3CC3)nc2c1)C1CCCN1C(=O)Cc1ccccc1. The fourth-order valence-electron chi connectivity index (χ4n) is 3.96. The molecule has 1 N–H and O–H groups in total. The highest BCUT2D eigenvalue weighted by Crippen LogP contribution is 2.40. The fraction of sp³-hybridized carbons (Fsp3) is 0.348. The van der Waals surface area contributed by atoms with E-state index in [0.717, 1.165) is 41.8 Å². The molecule has 1 aliphatic heterocycles. The lowest BCUT2D eigenvalue weighted by atomic mass is 10.1. The zero-order valence-corrected chi connectivity index (χ0v) is 16.1. The van der Waals surface area contributed by atoms with E-state index in [1.165, 1.54) is 0 Å². The smallest absolute Gasteiger partial charge is 0.247 e. The summed E-state index contributed by atoms with van der Waals surface area (Å²) in [5.41, 5.74) is 3.14. The Balaban J connectivity index is 1.28. The van der Waals surface area contributed by atoms with E-state index < -0.39 is 6.04 Å². The molecular formula is C23H23N3O3. The van der Waals surface area contributed by atoms with E-state index in [9.17, 15) is 9.59 Å². The number of aromatic nitrogens is 1. The van der Waals surface area contributed by atoms with Crippen LogP contribution in [0.5, 0.6) is 0 Å². The Bertz CT molecular complexity index is 1060. The molecule has 29 heavy (non-hydrogen) atoms. The molecule has 1 atom stereocenters. The van der Waals surface area contributed by atoms with Gasteiger partial charge in [-0.2, -0.15) is 0 Å². The third kappa shape index (κ3) is 3.75. The molecule has 3 aromatic rings. The summed E-state index contributed by atoms with van der Waals surface area (Å²) in [7, 11) is 0. The summed E-state index contributed by atoms with van der Waals surface area (Å²) in [6.45, 7) is 0.622. The molecule has 2 heterocycles. The second kappa shape index (κ2) is 7.35. The number of carbonyl (C=O) groups excluding carboxylic acids is 2. The van der Waals surface area contributed by atoms with Crippen LogP contribution in [-0.2, 0) is 16.0 Å². The van der Waals surface area contributed by atoms with E-state index >= 15 is 0 Å². The molecule has 1 aromatic heterocycles. The lowest BCUT2D eigenvalue weighted by Gasteiger charge is -2.24. The van der Waals surface area contributed by atoms with Crippen molar-refractivity contribution in [3.63, 3.8) is 0 Å². The maximum atomic E-state index is 12.9.